The van der Waals surface area contributed by atoms with Crippen LogP contribution in [-0.4, -0.2) is 32.6 Å². The molecule has 0 saturated carbocycles. The Morgan fingerprint density at radius 2 is 1.78 bits per heavy atom. The molecule has 4 rings (SSSR count). The van der Waals surface area contributed by atoms with Crippen LogP contribution in [0.3, 0.4) is 0 Å². The lowest BCUT2D eigenvalue weighted by atomic mass is 10.0. The highest BCUT2D eigenvalue weighted by Crippen LogP contribution is 2.44. The van der Waals surface area contributed by atoms with Gasteiger partial charge in [0.05, 0.1) is 19.9 Å². The average Bonchev–Trinajstić information content (AvgIpc) is 3.16. The first-order chi connectivity index (χ1) is 13.2. The van der Waals surface area contributed by atoms with Crippen molar-refractivity contribution in [3.63, 3.8) is 0 Å². The number of fused-ring (bicyclic) bond motifs is 2. The molecular weight excluding hydrogens is 346 g/mol. The fourth-order valence-corrected chi connectivity index (χ4v) is 3.09. The molecule has 27 heavy (non-hydrogen) atoms. The van der Waals surface area contributed by atoms with Crippen LogP contribution in [0.15, 0.2) is 49.2 Å². The molecule has 0 radical (unpaired) electrons. The summed E-state index contributed by atoms with van der Waals surface area (Å²) < 4.78 is 27.7. The van der Waals surface area contributed by atoms with Gasteiger partial charge in [0.1, 0.15) is 6.61 Å². The van der Waals surface area contributed by atoms with Gasteiger partial charge in [-0.3, -0.25) is 4.98 Å². The number of methoxy groups -OCH3 is 2. The summed E-state index contributed by atoms with van der Waals surface area (Å²) in [6.07, 6.45) is 3.43. The average molecular weight is 365 g/mol. The Kier molecular flexibility index (Phi) is 4.46. The second kappa shape index (κ2) is 7.07. The SMILES string of the molecule is C=CCOc1c(OC)cc(-c2nccc3cc4c(cc23)OCO4)cc1OC. The molecule has 1 aromatic heterocycles. The smallest absolute Gasteiger partial charge is 0.231 e. The summed E-state index contributed by atoms with van der Waals surface area (Å²) in [5, 5.41) is 1.96. The Bertz CT molecular complexity index is 990. The lowest BCUT2D eigenvalue weighted by Crippen LogP contribution is -2.00. The summed E-state index contributed by atoms with van der Waals surface area (Å²) in [5.41, 5.74) is 1.64. The highest BCUT2D eigenvalue weighted by atomic mass is 16.7. The third-order valence-corrected chi connectivity index (χ3v) is 4.34. The standard InChI is InChI=1S/C21H19NO5/c1-4-7-25-21-18(23-2)9-14(10-19(21)24-3)20-15-11-17-16(26-12-27-17)8-13(15)5-6-22-20/h4-6,8-11H,1,7,12H2,2-3H3. The summed E-state index contributed by atoms with van der Waals surface area (Å²) in [6, 6.07) is 9.61. The predicted octanol–water partition coefficient (Wildman–Crippen LogP) is 4.21. The zero-order chi connectivity index (χ0) is 18.8. The summed E-state index contributed by atoms with van der Waals surface area (Å²) in [5.74, 6) is 3.10. The van der Waals surface area contributed by atoms with Gasteiger partial charge in [0.25, 0.3) is 0 Å². The maximum Gasteiger partial charge on any atom is 0.231 e. The molecule has 0 aliphatic carbocycles. The van der Waals surface area contributed by atoms with Gasteiger partial charge in [0.2, 0.25) is 12.5 Å². The molecular formula is C21H19NO5. The van der Waals surface area contributed by atoms with E-state index in [1.165, 1.54) is 0 Å². The van der Waals surface area contributed by atoms with Crippen molar-refractivity contribution in [2.24, 2.45) is 0 Å². The molecule has 0 bridgehead atoms. The van der Waals surface area contributed by atoms with Crippen LogP contribution in [0.1, 0.15) is 0 Å². The molecule has 0 atom stereocenters. The van der Waals surface area contributed by atoms with Crippen LogP contribution in [0.4, 0.5) is 0 Å². The highest BCUT2D eigenvalue weighted by Gasteiger charge is 2.19. The number of pyridine rings is 1. The summed E-state index contributed by atoms with van der Waals surface area (Å²) in [4.78, 5) is 4.58. The molecule has 0 amide bonds. The number of rotatable bonds is 6. The number of hydrogen-bond donors (Lipinski definition) is 0. The van der Waals surface area contributed by atoms with Gasteiger partial charge in [-0.1, -0.05) is 12.7 Å². The Labute approximate surface area is 156 Å². The van der Waals surface area contributed by atoms with E-state index in [4.69, 9.17) is 23.7 Å². The normalized spacial score (nSPS) is 12.1. The quantitative estimate of drug-likeness (QED) is 0.610. The number of aromatic nitrogens is 1. The van der Waals surface area contributed by atoms with E-state index in [1.54, 1.807) is 26.5 Å². The maximum atomic E-state index is 5.71. The van der Waals surface area contributed by atoms with Crippen LogP contribution >= 0.6 is 0 Å². The lowest BCUT2D eigenvalue weighted by Gasteiger charge is -2.16. The Morgan fingerprint density at radius 3 is 2.44 bits per heavy atom. The monoisotopic (exact) mass is 365 g/mol. The van der Waals surface area contributed by atoms with Crippen LogP contribution < -0.4 is 23.7 Å². The van der Waals surface area contributed by atoms with Gasteiger partial charge < -0.3 is 23.7 Å². The van der Waals surface area contributed by atoms with Gasteiger partial charge in [-0.15, -0.1) is 0 Å². The maximum absolute atomic E-state index is 5.71. The predicted molar refractivity (Wildman–Crippen MR) is 102 cm³/mol. The van der Waals surface area contributed by atoms with Crippen molar-refractivity contribution in [3.8, 4) is 40.0 Å². The minimum Gasteiger partial charge on any atom is -0.493 e. The molecule has 3 aromatic rings. The van der Waals surface area contributed by atoms with E-state index in [0.717, 1.165) is 27.8 Å². The molecule has 2 heterocycles. The third kappa shape index (κ3) is 2.99. The van der Waals surface area contributed by atoms with E-state index < -0.39 is 0 Å². The number of nitrogens with zero attached hydrogens (tertiary/aromatic N) is 1. The van der Waals surface area contributed by atoms with Gasteiger partial charge in [0, 0.05) is 17.1 Å². The summed E-state index contributed by atoms with van der Waals surface area (Å²) in [6.45, 7) is 4.25. The number of ether oxygens (including phenoxy) is 5. The van der Waals surface area contributed by atoms with Crippen LogP contribution in [0.5, 0.6) is 28.7 Å². The van der Waals surface area contributed by atoms with Gasteiger partial charge in [0.15, 0.2) is 23.0 Å². The minimum atomic E-state index is 0.228. The van der Waals surface area contributed by atoms with Crippen molar-refractivity contribution in [2.45, 2.75) is 0 Å². The topological polar surface area (TPSA) is 59.0 Å². The van der Waals surface area contributed by atoms with Crippen LogP contribution in [0.2, 0.25) is 0 Å². The fraction of sp³-hybridized carbons (Fsp3) is 0.190. The molecule has 6 heteroatoms. The van der Waals surface area contributed by atoms with Gasteiger partial charge in [-0.2, -0.15) is 0 Å². The van der Waals surface area contributed by atoms with Crippen molar-refractivity contribution in [1.82, 2.24) is 4.98 Å². The first-order valence-electron chi connectivity index (χ1n) is 8.43. The van der Waals surface area contributed by atoms with E-state index in [0.29, 0.717) is 29.6 Å². The molecule has 1 aliphatic rings. The van der Waals surface area contributed by atoms with Crippen LogP contribution in [-0.2, 0) is 0 Å². The van der Waals surface area contributed by atoms with Crippen molar-refractivity contribution >= 4 is 10.8 Å². The molecule has 0 spiro atoms. The van der Waals surface area contributed by atoms with Crippen molar-refractivity contribution < 1.29 is 23.7 Å². The van der Waals surface area contributed by atoms with E-state index in [-0.39, 0.29) is 6.79 Å². The highest BCUT2D eigenvalue weighted by molar-refractivity contribution is 5.97. The molecule has 0 unspecified atom stereocenters. The van der Waals surface area contributed by atoms with E-state index >= 15 is 0 Å². The van der Waals surface area contributed by atoms with Gasteiger partial charge >= 0.3 is 0 Å². The van der Waals surface area contributed by atoms with Crippen molar-refractivity contribution in [3.05, 3.63) is 49.2 Å². The fourth-order valence-electron chi connectivity index (χ4n) is 3.09. The molecule has 0 saturated heterocycles. The summed E-state index contributed by atoms with van der Waals surface area (Å²) in [7, 11) is 3.18. The first-order valence-corrected chi connectivity index (χ1v) is 8.43. The Hall–Kier alpha value is -3.41. The minimum absolute atomic E-state index is 0.228. The zero-order valence-corrected chi connectivity index (χ0v) is 15.2. The van der Waals surface area contributed by atoms with Gasteiger partial charge in [-0.05, 0) is 35.7 Å². The van der Waals surface area contributed by atoms with Crippen LogP contribution in [0, 0.1) is 0 Å². The van der Waals surface area contributed by atoms with E-state index in [9.17, 15) is 0 Å². The van der Waals surface area contributed by atoms with Crippen molar-refractivity contribution in [2.75, 3.05) is 27.6 Å². The first kappa shape index (κ1) is 17.0. The second-order valence-corrected chi connectivity index (χ2v) is 5.90. The van der Waals surface area contributed by atoms with E-state index in [1.807, 2.05) is 30.3 Å². The third-order valence-electron chi connectivity index (χ3n) is 4.34. The number of benzene rings is 2. The van der Waals surface area contributed by atoms with Crippen molar-refractivity contribution in [1.29, 1.82) is 0 Å². The Morgan fingerprint density at radius 1 is 1.07 bits per heavy atom. The molecule has 6 nitrogen and oxygen atoms in total. The largest absolute Gasteiger partial charge is 0.493 e. The number of hydrogen-bond acceptors (Lipinski definition) is 6. The van der Waals surface area contributed by atoms with Gasteiger partial charge in [-0.25, -0.2) is 0 Å². The zero-order valence-electron chi connectivity index (χ0n) is 15.2. The molecule has 0 N–H and O–H groups in total. The molecule has 0 fully saturated rings. The second-order valence-electron chi connectivity index (χ2n) is 5.90. The van der Waals surface area contributed by atoms with Crippen LogP contribution in [0.25, 0.3) is 22.0 Å². The molecule has 1 aliphatic heterocycles. The molecule has 138 valence electrons. The Balaban J connectivity index is 1.89. The lowest BCUT2D eigenvalue weighted by molar-refractivity contribution is 0.174. The summed E-state index contributed by atoms with van der Waals surface area (Å²) >= 11 is 0. The molecule has 2 aromatic carbocycles. The van der Waals surface area contributed by atoms with E-state index in [2.05, 4.69) is 11.6 Å².